The van der Waals surface area contributed by atoms with Crippen molar-refractivity contribution in [3.05, 3.63) is 81.9 Å². The average Bonchev–Trinajstić information content (AvgIpc) is 3.15. The highest BCUT2D eigenvalue weighted by Gasteiger charge is 2.22. The zero-order valence-electron chi connectivity index (χ0n) is 18.9. The van der Waals surface area contributed by atoms with E-state index in [1.54, 1.807) is 6.07 Å². The first kappa shape index (κ1) is 23.1. The van der Waals surface area contributed by atoms with E-state index in [2.05, 4.69) is 47.2 Å². The number of ether oxygens (including phenoxy) is 1. The highest BCUT2D eigenvalue weighted by molar-refractivity contribution is 6.30. The van der Waals surface area contributed by atoms with Crippen LogP contribution in [0.15, 0.2) is 48.5 Å². The summed E-state index contributed by atoms with van der Waals surface area (Å²) in [7, 11) is 1.40. The van der Waals surface area contributed by atoms with Crippen LogP contribution in [0.4, 0.5) is 11.4 Å². The van der Waals surface area contributed by atoms with Crippen molar-refractivity contribution in [2.75, 3.05) is 18.6 Å². The fourth-order valence-corrected chi connectivity index (χ4v) is 4.50. The van der Waals surface area contributed by atoms with Crippen LogP contribution in [-0.4, -0.2) is 34.3 Å². The number of anilines is 2. The predicted molar refractivity (Wildman–Crippen MR) is 131 cm³/mol. The second kappa shape index (κ2) is 10.2. The van der Waals surface area contributed by atoms with Gasteiger partial charge < -0.3 is 19.3 Å². The number of fused-ring (bicyclic) bond motifs is 1. The van der Waals surface area contributed by atoms with E-state index < -0.39 is 0 Å². The van der Waals surface area contributed by atoms with Crippen molar-refractivity contribution in [1.82, 2.24) is 9.55 Å². The number of hydrogen-bond donors (Lipinski definition) is 1. The van der Waals surface area contributed by atoms with E-state index in [-0.39, 0.29) is 12.6 Å². The molecule has 1 N–H and O–H groups in total. The average molecular weight is 466 g/mol. The van der Waals surface area contributed by atoms with E-state index >= 15 is 0 Å². The van der Waals surface area contributed by atoms with Gasteiger partial charge in [-0.3, -0.25) is 0 Å². The minimum atomic E-state index is -0.355. The molecule has 0 bridgehead atoms. The number of halogens is 1. The Hall–Kier alpha value is -3.09. The van der Waals surface area contributed by atoms with Crippen molar-refractivity contribution in [3.63, 3.8) is 0 Å². The van der Waals surface area contributed by atoms with Gasteiger partial charge in [0.05, 0.1) is 30.7 Å². The molecule has 0 fully saturated rings. The first-order chi connectivity index (χ1) is 16.1. The number of aliphatic hydroxyl groups excluding tert-OH is 1. The molecule has 0 atom stereocenters. The predicted octanol–water partition coefficient (Wildman–Crippen LogP) is 5.37. The van der Waals surface area contributed by atoms with Gasteiger partial charge >= 0.3 is 5.97 Å². The van der Waals surface area contributed by atoms with Crippen LogP contribution in [0.2, 0.25) is 5.15 Å². The number of hydrogen-bond acceptors (Lipinski definition) is 5. The molecule has 1 aliphatic heterocycles. The molecule has 0 aliphatic carbocycles. The zero-order chi connectivity index (χ0) is 23.4. The number of rotatable bonds is 8. The van der Waals surface area contributed by atoms with Gasteiger partial charge in [-0.25, -0.2) is 9.78 Å². The minimum absolute atomic E-state index is 0.152. The molecule has 0 saturated carbocycles. The Morgan fingerprint density at radius 2 is 2.03 bits per heavy atom. The number of para-hydroxylation sites is 1. The Morgan fingerprint density at radius 1 is 1.21 bits per heavy atom. The molecule has 1 aromatic heterocycles. The van der Waals surface area contributed by atoms with Crippen molar-refractivity contribution in [2.45, 2.75) is 39.3 Å². The second-order valence-corrected chi connectivity index (χ2v) is 8.39. The van der Waals surface area contributed by atoms with Crippen molar-refractivity contribution in [2.24, 2.45) is 0 Å². The molecule has 0 unspecified atom stereocenters. The van der Waals surface area contributed by atoms with Gasteiger partial charge in [0.2, 0.25) is 0 Å². The quantitative estimate of drug-likeness (QED) is 0.453. The van der Waals surface area contributed by atoms with Crippen LogP contribution >= 0.6 is 11.6 Å². The number of carbonyl (C=O) groups excluding carboxylic acids is 1. The monoisotopic (exact) mass is 465 g/mol. The largest absolute Gasteiger partial charge is 0.465 e. The summed E-state index contributed by atoms with van der Waals surface area (Å²) in [6.45, 7) is 3.23. The molecule has 1 aliphatic rings. The summed E-state index contributed by atoms with van der Waals surface area (Å²) in [5, 5.41) is 10.2. The number of aliphatic hydroxyl groups is 1. The molecule has 0 amide bonds. The molecule has 7 heteroatoms. The SMILES string of the molecule is CCCCc1nc(Cl)c(CO)n1Cc1ccc2c(c1)C=CCN2c1ccccc1C(=O)OC. The van der Waals surface area contributed by atoms with Crippen molar-refractivity contribution in [3.8, 4) is 0 Å². The van der Waals surface area contributed by atoms with Gasteiger partial charge in [-0.2, -0.15) is 0 Å². The van der Waals surface area contributed by atoms with E-state index in [1.807, 2.05) is 22.8 Å². The molecular formula is C26H28ClN3O3. The summed E-state index contributed by atoms with van der Waals surface area (Å²) in [4.78, 5) is 18.9. The summed E-state index contributed by atoms with van der Waals surface area (Å²) in [6.07, 6.45) is 7.08. The number of esters is 1. The van der Waals surface area contributed by atoms with Crippen LogP contribution in [0, 0.1) is 0 Å². The summed E-state index contributed by atoms with van der Waals surface area (Å²) >= 11 is 6.30. The number of benzene rings is 2. The van der Waals surface area contributed by atoms with Crippen LogP contribution in [0.3, 0.4) is 0 Å². The second-order valence-electron chi connectivity index (χ2n) is 8.03. The minimum Gasteiger partial charge on any atom is -0.465 e. The zero-order valence-corrected chi connectivity index (χ0v) is 19.7. The van der Waals surface area contributed by atoms with Crippen LogP contribution in [0.5, 0.6) is 0 Å². The molecule has 2 heterocycles. The highest BCUT2D eigenvalue weighted by atomic mass is 35.5. The number of methoxy groups -OCH3 is 1. The van der Waals surface area contributed by atoms with E-state index in [9.17, 15) is 9.90 Å². The first-order valence-electron chi connectivity index (χ1n) is 11.2. The summed E-state index contributed by atoms with van der Waals surface area (Å²) < 4.78 is 7.01. The lowest BCUT2D eigenvalue weighted by atomic mass is 10.0. The lowest BCUT2D eigenvalue weighted by Gasteiger charge is -2.30. The molecule has 0 radical (unpaired) electrons. The number of unbranched alkanes of at least 4 members (excludes halogenated alkanes) is 1. The molecule has 0 saturated heterocycles. The van der Waals surface area contributed by atoms with E-state index in [0.29, 0.717) is 29.5 Å². The van der Waals surface area contributed by atoms with Crippen molar-refractivity contribution >= 4 is 35.0 Å². The van der Waals surface area contributed by atoms with Crippen LogP contribution in [0.1, 0.15) is 52.8 Å². The molecule has 0 spiro atoms. The molecule has 6 nitrogen and oxygen atoms in total. The fraction of sp³-hybridized carbons (Fsp3) is 0.308. The Balaban J connectivity index is 1.68. The molecule has 33 heavy (non-hydrogen) atoms. The molecule has 4 rings (SSSR count). The molecule has 3 aromatic rings. The Bertz CT molecular complexity index is 1190. The first-order valence-corrected chi connectivity index (χ1v) is 11.5. The maximum Gasteiger partial charge on any atom is 0.339 e. The number of imidazole rings is 1. The third-order valence-corrected chi connectivity index (χ3v) is 6.22. The van der Waals surface area contributed by atoms with Crippen molar-refractivity contribution in [1.29, 1.82) is 0 Å². The summed E-state index contributed by atoms with van der Waals surface area (Å²) in [6, 6.07) is 13.8. The van der Waals surface area contributed by atoms with Gasteiger partial charge in [-0.15, -0.1) is 0 Å². The normalized spacial score (nSPS) is 12.7. The summed E-state index contributed by atoms with van der Waals surface area (Å²) in [5.74, 6) is 0.541. The van der Waals surface area contributed by atoms with Gasteiger partial charge in [0.1, 0.15) is 5.82 Å². The Morgan fingerprint density at radius 3 is 2.79 bits per heavy atom. The highest BCUT2D eigenvalue weighted by Crippen LogP contribution is 2.35. The van der Waals surface area contributed by atoms with E-state index in [1.165, 1.54) is 7.11 Å². The smallest absolute Gasteiger partial charge is 0.339 e. The van der Waals surface area contributed by atoms with Gasteiger partial charge in [-0.1, -0.05) is 55.3 Å². The number of aromatic nitrogens is 2. The number of nitrogens with zero attached hydrogens (tertiary/aromatic N) is 3. The summed E-state index contributed by atoms with van der Waals surface area (Å²) in [5.41, 5.74) is 5.16. The maximum absolute atomic E-state index is 12.3. The Kier molecular flexibility index (Phi) is 7.16. The standard InChI is InChI=1S/C26H28ClN3O3/c1-3-4-11-24-28-25(27)23(17-31)30(24)16-18-12-13-21-19(15-18)8-7-14-29(21)22-10-6-5-9-20(22)26(32)33-2/h5-10,12-13,15,31H,3-4,11,14,16-17H2,1-2H3. The number of carbonyl (C=O) groups is 1. The van der Waals surface area contributed by atoms with Crippen molar-refractivity contribution < 1.29 is 14.6 Å². The molecule has 2 aromatic carbocycles. The Labute approximate surface area is 199 Å². The van der Waals surface area contributed by atoms with Crippen LogP contribution in [0.25, 0.3) is 6.08 Å². The van der Waals surface area contributed by atoms with Crippen LogP contribution in [-0.2, 0) is 24.3 Å². The van der Waals surface area contributed by atoms with Crippen LogP contribution < -0.4 is 4.90 Å². The topological polar surface area (TPSA) is 67.6 Å². The lowest BCUT2D eigenvalue weighted by molar-refractivity contribution is 0.0601. The fourth-order valence-electron chi connectivity index (χ4n) is 4.24. The third-order valence-electron chi connectivity index (χ3n) is 5.92. The number of aryl methyl sites for hydroxylation is 1. The van der Waals surface area contributed by atoms with Gasteiger partial charge in [0, 0.05) is 25.2 Å². The van der Waals surface area contributed by atoms with E-state index in [0.717, 1.165) is 47.6 Å². The molecule has 172 valence electrons. The lowest BCUT2D eigenvalue weighted by Crippen LogP contribution is -2.23. The molecular weight excluding hydrogens is 438 g/mol. The van der Waals surface area contributed by atoms with Gasteiger partial charge in [0.15, 0.2) is 5.15 Å². The third kappa shape index (κ3) is 4.68. The van der Waals surface area contributed by atoms with E-state index in [4.69, 9.17) is 16.3 Å². The van der Waals surface area contributed by atoms with Gasteiger partial charge in [0.25, 0.3) is 0 Å². The van der Waals surface area contributed by atoms with Gasteiger partial charge in [-0.05, 0) is 41.8 Å². The maximum atomic E-state index is 12.3.